The predicted octanol–water partition coefficient (Wildman–Crippen LogP) is 2.80. The molecule has 1 aromatic rings. The topological polar surface area (TPSA) is 42.2 Å². The van der Waals surface area contributed by atoms with Gasteiger partial charge in [0.25, 0.3) is 0 Å². The van der Waals surface area contributed by atoms with Gasteiger partial charge >= 0.3 is 6.18 Å². The van der Waals surface area contributed by atoms with Gasteiger partial charge in [-0.1, -0.05) is 19.4 Å². The summed E-state index contributed by atoms with van der Waals surface area (Å²) in [6, 6.07) is 2.43. The second kappa shape index (κ2) is 5.36. The third-order valence-corrected chi connectivity index (χ3v) is 3.63. The van der Waals surface area contributed by atoms with E-state index < -0.39 is 11.9 Å². The maximum Gasteiger partial charge on any atom is 0.433 e. The Kier molecular flexibility index (Phi) is 3.99. The van der Waals surface area contributed by atoms with E-state index in [1.54, 1.807) is 0 Å². The molecule has 19 heavy (non-hydrogen) atoms. The molecule has 2 N–H and O–H groups in total. The van der Waals surface area contributed by atoms with Crippen molar-refractivity contribution in [3.05, 3.63) is 23.4 Å². The van der Waals surface area contributed by atoms with Crippen LogP contribution in [0.25, 0.3) is 0 Å². The van der Waals surface area contributed by atoms with E-state index in [1.807, 2.05) is 4.90 Å². The summed E-state index contributed by atoms with van der Waals surface area (Å²) in [6.07, 6.45) is -2.38. The van der Waals surface area contributed by atoms with Crippen LogP contribution in [0, 0.1) is 5.92 Å². The molecule has 0 aromatic carbocycles. The first kappa shape index (κ1) is 14.1. The molecule has 0 radical (unpaired) electrons. The standard InChI is InChI=1S/C13H18F3N3/c1-2-9-5-6-19(8-9)12-10(7-17)3-4-11(18-12)13(14,15)16/h3-4,9H,2,5-8,17H2,1H3. The monoisotopic (exact) mass is 273 g/mol. The molecule has 1 unspecified atom stereocenters. The second-order valence-corrected chi connectivity index (χ2v) is 4.89. The molecule has 0 aliphatic carbocycles. The summed E-state index contributed by atoms with van der Waals surface area (Å²) in [5, 5.41) is 0. The second-order valence-electron chi connectivity index (χ2n) is 4.89. The SMILES string of the molecule is CCC1CCN(c2nc(C(F)(F)F)ccc2CN)C1. The predicted molar refractivity (Wildman–Crippen MR) is 67.7 cm³/mol. The van der Waals surface area contributed by atoms with Crippen molar-refractivity contribution in [2.45, 2.75) is 32.5 Å². The summed E-state index contributed by atoms with van der Waals surface area (Å²) >= 11 is 0. The zero-order chi connectivity index (χ0) is 14.0. The summed E-state index contributed by atoms with van der Waals surface area (Å²) < 4.78 is 38.2. The molecule has 1 aromatic heterocycles. The van der Waals surface area contributed by atoms with E-state index >= 15 is 0 Å². The lowest BCUT2D eigenvalue weighted by molar-refractivity contribution is -0.141. The molecular weight excluding hydrogens is 255 g/mol. The zero-order valence-electron chi connectivity index (χ0n) is 10.9. The molecule has 3 nitrogen and oxygen atoms in total. The fraction of sp³-hybridized carbons (Fsp3) is 0.615. The lowest BCUT2D eigenvalue weighted by atomic mass is 10.1. The third-order valence-electron chi connectivity index (χ3n) is 3.63. The molecule has 106 valence electrons. The van der Waals surface area contributed by atoms with Gasteiger partial charge in [-0.15, -0.1) is 0 Å². The Labute approximate surface area is 110 Å². The van der Waals surface area contributed by atoms with Crippen LogP contribution in [0.1, 0.15) is 31.0 Å². The summed E-state index contributed by atoms with van der Waals surface area (Å²) in [7, 11) is 0. The summed E-state index contributed by atoms with van der Waals surface area (Å²) in [5.74, 6) is 0.926. The molecule has 0 saturated carbocycles. The van der Waals surface area contributed by atoms with E-state index in [2.05, 4.69) is 11.9 Å². The van der Waals surface area contributed by atoms with Crippen LogP contribution in [0.4, 0.5) is 19.0 Å². The Morgan fingerprint density at radius 1 is 1.42 bits per heavy atom. The quantitative estimate of drug-likeness (QED) is 0.920. The molecule has 1 aliphatic heterocycles. The number of halogens is 3. The smallest absolute Gasteiger partial charge is 0.356 e. The average Bonchev–Trinajstić information content (AvgIpc) is 2.85. The number of aromatic nitrogens is 1. The number of pyridine rings is 1. The van der Waals surface area contributed by atoms with Crippen molar-refractivity contribution in [1.29, 1.82) is 0 Å². The fourth-order valence-electron chi connectivity index (χ4n) is 2.43. The molecule has 2 heterocycles. The maximum absolute atomic E-state index is 12.7. The Hall–Kier alpha value is -1.30. The Morgan fingerprint density at radius 2 is 2.16 bits per heavy atom. The van der Waals surface area contributed by atoms with Gasteiger partial charge in [-0.05, 0) is 18.4 Å². The van der Waals surface area contributed by atoms with Gasteiger partial charge in [0.05, 0.1) is 0 Å². The van der Waals surface area contributed by atoms with Gasteiger partial charge in [-0.2, -0.15) is 13.2 Å². The molecule has 1 aliphatic rings. The van der Waals surface area contributed by atoms with Gasteiger partial charge in [-0.25, -0.2) is 4.98 Å². The molecule has 2 rings (SSSR count). The van der Waals surface area contributed by atoms with Crippen LogP contribution < -0.4 is 10.6 Å². The van der Waals surface area contributed by atoms with Crippen molar-refractivity contribution in [2.75, 3.05) is 18.0 Å². The largest absolute Gasteiger partial charge is 0.433 e. The van der Waals surface area contributed by atoms with Crippen molar-refractivity contribution >= 4 is 5.82 Å². The Morgan fingerprint density at radius 3 is 2.68 bits per heavy atom. The van der Waals surface area contributed by atoms with Gasteiger partial charge in [0.15, 0.2) is 0 Å². The Bertz CT molecular complexity index is 445. The van der Waals surface area contributed by atoms with Crippen molar-refractivity contribution in [3.63, 3.8) is 0 Å². The summed E-state index contributed by atoms with van der Waals surface area (Å²) in [5.41, 5.74) is 5.42. The van der Waals surface area contributed by atoms with Crippen molar-refractivity contribution in [3.8, 4) is 0 Å². The number of hydrogen-bond donors (Lipinski definition) is 1. The molecule has 0 amide bonds. The normalized spacial score (nSPS) is 20.1. The minimum Gasteiger partial charge on any atom is -0.356 e. The van der Waals surface area contributed by atoms with E-state index in [1.165, 1.54) is 6.07 Å². The van der Waals surface area contributed by atoms with E-state index in [9.17, 15) is 13.2 Å². The van der Waals surface area contributed by atoms with Gasteiger partial charge < -0.3 is 10.6 Å². The van der Waals surface area contributed by atoms with E-state index in [0.29, 0.717) is 17.3 Å². The van der Waals surface area contributed by atoms with Crippen LogP contribution >= 0.6 is 0 Å². The molecule has 1 atom stereocenters. The van der Waals surface area contributed by atoms with Crippen LogP contribution in [0.2, 0.25) is 0 Å². The first-order valence-corrected chi connectivity index (χ1v) is 6.47. The lowest BCUT2D eigenvalue weighted by Gasteiger charge is -2.21. The first-order chi connectivity index (χ1) is 8.95. The highest BCUT2D eigenvalue weighted by Crippen LogP contribution is 2.32. The van der Waals surface area contributed by atoms with Crippen LogP contribution in [-0.4, -0.2) is 18.1 Å². The van der Waals surface area contributed by atoms with Crippen LogP contribution in [0.3, 0.4) is 0 Å². The number of nitrogens with two attached hydrogens (primary N) is 1. The molecule has 1 fully saturated rings. The van der Waals surface area contributed by atoms with Gasteiger partial charge in [0.1, 0.15) is 11.5 Å². The molecule has 0 bridgehead atoms. The molecule has 6 heteroatoms. The van der Waals surface area contributed by atoms with E-state index in [0.717, 1.165) is 32.0 Å². The molecule has 1 saturated heterocycles. The Balaban J connectivity index is 2.32. The fourth-order valence-corrected chi connectivity index (χ4v) is 2.43. The van der Waals surface area contributed by atoms with Gasteiger partial charge in [0.2, 0.25) is 0 Å². The summed E-state index contributed by atoms with van der Waals surface area (Å²) in [6.45, 7) is 3.81. The van der Waals surface area contributed by atoms with Gasteiger partial charge in [-0.3, -0.25) is 0 Å². The van der Waals surface area contributed by atoms with Crippen molar-refractivity contribution in [1.82, 2.24) is 4.98 Å². The minimum absolute atomic E-state index is 0.202. The highest BCUT2D eigenvalue weighted by Gasteiger charge is 2.34. The number of nitrogens with zero attached hydrogens (tertiary/aromatic N) is 2. The van der Waals surface area contributed by atoms with E-state index in [-0.39, 0.29) is 6.54 Å². The van der Waals surface area contributed by atoms with Crippen LogP contribution in [-0.2, 0) is 12.7 Å². The minimum atomic E-state index is -4.41. The molecular formula is C13H18F3N3. The number of alkyl halides is 3. The highest BCUT2D eigenvalue weighted by molar-refractivity contribution is 5.49. The number of anilines is 1. The van der Waals surface area contributed by atoms with Crippen LogP contribution in [0.5, 0.6) is 0 Å². The first-order valence-electron chi connectivity index (χ1n) is 6.47. The van der Waals surface area contributed by atoms with Gasteiger partial charge in [0, 0.05) is 25.2 Å². The van der Waals surface area contributed by atoms with Crippen LogP contribution in [0.15, 0.2) is 12.1 Å². The molecule has 0 spiro atoms. The number of hydrogen-bond acceptors (Lipinski definition) is 3. The maximum atomic E-state index is 12.7. The number of rotatable bonds is 3. The van der Waals surface area contributed by atoms with Crippen molar-refractivity contribution < 1.29 is 13.2 Å². The average molecular weight is 273 g/mol. The lowest BCUT2D eigenvalue weighted by Crippen LogP contribution is -2.24. The summed E-state index contributed by atoms with van der Waals surface area (Å²) in [4.78, 5) is 5.71. The van der Waals surface area contributed by atoms with Crippen molar-refractivity contribution in [2.24, 2.45) is 11.7 Å². The van der Waals surface area contributed by atoms with E-state index in [4.69, 9.17) is 5.73 Å². The highest BCUT2D eigenvalue weighted by atomic mass is 19.4. The third kappa shape index (κ3) is 3.00. The zero-order valence-corrected chi connectivity index (χ0v) is 10.9.